The van der Waals surface area contributed by atoms with E-state index in [1.807, 2.05) is 19.2 Å². The zero-order chi connectivity index (χ0) is 12.8. The first kappa shape index (κ1) is 13.0. The molecule has 0 amide bonds. The lowest BCUT2D eigenvalue weighted by Crippen LogP contribution is -2.04. The molecule has 0 aliphatic carbocycles. The Kier molecular flexibility index (Phi) is 4.67. The van der Waals surface area contributed by atoms with Gasteiger partial charge in [0, 0.05) is 17.2 Å². The highest BCUT2D eigenvalue weighted by molar-refractivity contribution is 7.98. The molecule has 0 aromatic heterocycles. The normalized spacial score (nSPS) is 10.5. The number of hydrogen-bond acceptors (Lipinski definition) is 3. The molecule has 0 unspecified atom stereocenters. The average molecular weight is 259 g/mol. The molecule has 3 heteroatoms. The maximum atomic E-state index is 9.21. The molecule has 0 bridgehead atoms. The molecule has 0 radical (unpaired) electrons. The summed E-state index contributed by atoms with van der Waals surface area (Å²) in [6.45, 7) is 0.906. The van der Waals surface area contributed by atoms with Crippen LogP contribution < -0.4 is 5.32 Å². The van der Waals surface area contributed by atoms with Crippen molar-refractivity contribution in [3.05, 3.63) is 59.7 Å². The van der Waals surface area contributed by atoms with Gasteiger partial charge in [0.2, 0.25) is 0 Å². The number of hydrogen-bond donors (Lipinski definition) is 2. The molecule has 0 aliphatic rings. The number of thioether (sulfide) groups is 1. The molecule has 2 N–H and O–H groups in total. The fourth-order valence-corrected chi connectivity index (χ4v) is 2.52. The third-order valence-electron chi connectivity index (χ3n) is 2.65. The van der Waals surface area contributed by atoms with E-state index in [0.29, 0.717) is 5.75 Å². The standard InChI is InChI=1S/C15H17NOS/c1-16-10-12-4-8-15(9-5-12)18-11-13-2-6-14(17)7-3-13/h2-9,16-17H,10-11H2,1H3. The van der Waals surface area contributed by atoms with E-state index in [-0.39, 0.29) is 0 Å². The number of phenols is 1. The Morgan fingerprint density at radius 1 is 0.944 bits per heavy atom. The van der Waals surface area contributed by atoms with E-state index in [1.54, 1.807) is 23.9 Å². The van der Waals surface area contributed by atoms with Gasteiger partial charge in [-0.15, -0.1) is 11.8 Å². The van der Waals surface area contributed by atoms with Crippen molar-refractivity contribution in [2.75, 3.05) is 7.05 Å². The highest BCUT2D eigenvalue weighted by atomic mass is 32.2. The molecule has 0 atom stereocenters. The Bertz CT molecular complexity index is 479. The first-order valence-electron chi connectivity index (χ1n) is 5.92. The van der Waals surface area contributed by atoms with E-state index in [1.165, 1.54) is 16.0 Å². The first-order chi connectivity index (χ1) is 8.78. The second-order valence-electron chi connectivity index (χ2n) is 4.13. The molecule has 0 heterocycles. The first-order valence-corrected chi connectivity index (χ1v) is 6.91. The fraction of sp³-hybridized carbons (Fsp3) is 0.200. The van der Waals surface area contributed by atoms with Gasteiger partial charge in [-0.05, 0) is 42.4 Å². The fourth-order valence-electron chi connectivity index (χ4n) is 1.67. The van der Waals surface area contributed by atoms with Crippen LogP contribution in [-0.4, -0.2) is 12.2 Å². The van der Waals surface area contributed by atoms with Crippen molar-refractivity contribution < 1.29 is 5.11 Å². The Labute approximate surface area is 112 Å². The molecule has 0 fully saturated rings. The summed E-state index contributed by atoms with van der Waals surface area (Å²) in [5.74, 6) is 1.24. The molecule has 0 saturated carbocycles. The van der Waals surface area contributed by atoms with E-state index in [2.05, 4.69) is 29.6 Å². The number of phenolic OH excluding ortho intramolecular Hbond substituents is 1. The smallest absolute Gasteiger partial charge is 0.115 e. The van der Waals surface area contributed by atoms with Crippen LogP contribution in [0.5, 0.6) is 5.75 Å². The van der Waals surface area contributed by atoms with E-state index < -0.39 is 0 Å². The summed E-state index contributed by atoms with van der Waals surface area (Å²) in [5.41, 5.74) is 2.52. The van der Waals surface area contributed by atoms with E-state index in [0.717, 1.165) is 12.3 Å². The minimum Gasteiger partial charge on any atom is -0.508 e. The average Bonchev–Trinajstić information content (AvgIpc) is 2.40. The van der Waals surface area contributed by atoms with Crippen LogP contribution in [0.3, 0.4) is 0 Å². The predicted molar refractivity (Wildman–Crippen MR) is 76.9 cm³/mol. The van der Waals surface area contributed by atoms with Crippen molar-refractivity contribution in [2.24, 2.45) is 0 Å². The SMILES string of the molecule is CNCc1ccc(SCc2ccc(O)cc2)cc1. The number of rotatable bonds is 5. The van der Waals surface area contributed by atoms with Gasteiger partial charge in [-0.1, -0.05) is 24.3 Å². The van der Waals surface area contributed by atoms with Crippen LogP contribution in [0.1, 0.15) is 11.1 Å². The van der Waals surface area contributed by atoms with Crippen LogP contribution in [0.2, 0.25) is 0 Å². The lowest BCUT2D eigenvalue weighted by atomic mass is 10.2. The summed E-state index contributed by atoms with van der Waals surface area (Å²) in [5, 5.41) is 12.3. The van der Waals surface area contributed by atoms with Crippen molar-refractivity contribution in [3.63, 3.8) is 0 Å². The van der Waals surface area contributed by atoms with Crippen LogP contribution in [-0.2, 0) is 12.3 Å². The molecule has 2 aromatic carbocycles. The van der Waals surface area contributed by atoms with Crippen molar-refractivity contribution in [1.82, 2.24) is 5.32 Å². The number of benzene rings is 2. The highest BCUT2D eigenvalue weighted by Gasteiger charge is 1.97. The molecular formula is C15H17NOS. The van der Waals surface area contributed by atoms with E-state index in [9.17, 15) is 5.11 Å². The van der Waals surface area contributed by atoms with Gasteiger partial charge in [-0.3, -0.25) is 0 Å². The molecular weight excluding hydrogens is 242 g/mol. The van der Waals surface area contributed by atoms with Crippen molar-refractivity contribution >= 4 is 11.8 Å². The van der Waals surface area contributed by atoms with Crippen LogP contribution in [0.15, 0.2) is 53.4 Å². The van der Waals surface area contributed by atoms with Gasteiger partial charge < -0.3 is 10.4 Å². The second-order valence-corrected chi connectivity index (χ2v) is 5.18. The Hall–Kier alpha value is -1.45. The third kappa shape index (κ3) is 3.79. The van der Waals surface area contributed by atoms with Gasteiger partial charge in [0.25, 0.3) is 0 Å². The lowest BCUT2D eigenvalue weighted by Gasteiger charge is -2.04. The second kappa shape index (κ2) is 6.47. The summed E-state index contributed by atoms with van der Waals surface area (Å²) >= 11 is 1.80. The topological polar surface area (TPSA) is 32.3 Å². The maximum absolute atomic E-state index is 9.21. The zero-order valence-electron chi connectivity index (χ0n) is 10.4. The zero-order valence-corrected chi connectivity index (χ0v) is 11.2. The molecule has 0 saturated heterocycles. The molecule has 2 nitrogen and oxygen atoms in total. The van der Waals surface area contributed by atoms with Gasteiger partial charge >= 0.3 is 0 Å². The van der Waals surface area contributed by atoms with Gasteiger partial charge in [-0.25, -0.2) is 0 Å². The van der Waals surface area contributed by atoms with Gasteiger partial charge in [0.1, 0.15) is 5.75 Å². The molecule has 0 aliphatic heterocycles. The monoisotopic (exact) mass is 259 g/mol. The Morgan fingerprint density at radius 3 is 2.17 bits per heavy atom. The Balaban J connectivity index is 1.91. The minimum atomic E-state index is 0.320. The van der Waals surface area contributed by atoms with Crippen molar-refractivity contribution in [2.45, 2.75) is 17.2 Å². The van der Waals surface area contributed by atoms with E-state index >= 15 is 0 Å². The summed E-state index contributed by atoms with van der Waals surface area (Å²) in [6.07, 6.45) is 0. The predicted octanol–water partition coefficient (Wildman–Crippen LogP) is 3.40. The summed E-state index contributed by atoms with van der Waals surface area (Å²) in [6, 6.07) is 16.0. The molecule has 94 valence electrons. The molecule has 2 aromatic rings. The highest BCUT2D eigenvalue weighted by Crippen LogP contribution is 2.23. The minimum absolute atomic E-state index is 0.320. The van der Waals surface area contributed by atoms with Crippen molar-refractivity contribution in [3.8, 4) is 5.75 Å². The maximum Gasteiger partial charge on any atom is 0.115 e. The van der Waals surface area contributed by atoms with Gasteiger partial charge in [0.05, 0.1) is 0 Å². The van der Waals surface area contributed by atoms with Crippen LogP contribution in [0.4, 0.5) is 0 Å². The van der Waals surface area contributed by atoms with Crippen LogP contribution in [0, 0.1) is 0 Å². The van der Waals surface area contributed by atoms with Crippen LogP contribution in [0.25, 0.3) is 0 Å². The number of nitrogens with one attached hydrogen (secondary N) is 1. The lowest BCUT2D eigenvalue weighted by molar-refractivity contribution is 0.475. The van der Waals surface area contributed by atoms with Crippen molar-refractivity contribution in [1.29, 1.82) is 0 Å². The largest absolute Gasteiger partial charge is 0.508 e. The summed E-state index contributed by atoms with van der Waals surface area (Å²) < 4.78 is 0. The summed E-state index contributed by atoms with van der Waals surface area (Å²) in [7, 11) is 1.95. The van der Waals surface area contributed by atoms with Gasteiger partial charge in [-0.2, -0.15) is 0 Å². The van der Waals surface area contributed by atoms with Gasteiger partial charge in [0.15, 0.2) is 0 Å². The van der Waals surface area contributed by atoms with Crippen LogP contribution >= 0.6 is 11.8 Å². The molecule has 18 heavy (non-hydrogen) atoms. The quantitative estimate of drug-likeness (QED) is 0.807. The Morgan fingerprint density at radius 2 is 1.56 bits per heavy atom. The molecule has 0 spiro atoms. The van der Waals surface area contributed by atoms with E-state index in [4.69, 9.17) is 0 Å². The molecule has 2 rings (SSSR count). The third-order valence-corrected chi connectivity index (χ3v) is 3.73. The number of aromatic hydroxyl groups is 1. The summed E-state index contributed by atoms with van der Waals surface area (Å²) in [4.78, 5) is 1.27.